The minimum Gasteiger partial charge on any atom is -0.481 e. The molecule has 0 aromatic heterocycles. The van der Waals surface area contributed by atoms with Gasteiger partial charge in [0, 0.05) is 12.6 Å². The number of carbonyl (C=O) groups excluding carboxylic acids is 1. The summed E-state index contributed by atoms with van der Waals surface area (Å²) in [5.74, 6) is -2.39. The number of hydrogen-bond acceptors (Lipinski definition) is 5. The summed E-state index contributed by atoms with van der Waals surface area (Å²) in [4.78, 5) is 38.7. The largest absolute Gasteiger partial charge is 0.481 e. The maximum absolute atomic E-state index is 11.0. The fourth-order valence-electron chi connectivity index (χ4n) is 0.945. The maximum atomic E-state index is 11.0. The minimum atomic E-state index is -2.20. The van der Waals surface area contributed by atoms with Crippen LogP contribution in [0.15, 0.2) is 0 Å². The van der Waals surface area contributed by atoms with Gasteiger partial charge in [0.15, 0.2) is 8.38 Å². The van der Waals surface area contributed by atoms with Crippen LogP contribution >= 0.6 is 8.38 Å². The Morgan fingerprint density at radius 1 is 1.43 bits per heavy atom. The zero-order chi connectivity index (χ0) is 11.1. The lowest BCUT2D eigenvalue weighted by Gasteiger charge is -2.13. The van der Waals surface area contributed by atoms with E-state index >= 15 is 0 Å². The van der Waals surface area contributed by atoms with E-state index in [1.54, 1.807) is 0 Å². The fraction of sp³-hybridized carbons (Fsp3) is 0.714. The standard InChI is InChI=1S/C7H13O6P/c1-13-7(10)5(4-14(11)12)2-3-6(8)9/h5,11-12H,2-4H2,1H3,(H,8,9). The monoisotopic (exact) mass is 224 g/mol. The van der Waals surface area contributed by atoms with Crippen molar-refractivity contribution in [2.24, 2.45) is 5.92 Å². The second kappa shape index (κ2) is 6.70. The normalized spacial score (nSPS) is 12.6. The summed E-state index contributed by atoms with van der Waals surface area (Å²) in [5, 5.41) is 8.38. The molecule has 0 amide bonds. The van der Waals surface area contributed by atoms with Crippen molar-refractivity contribution in [1.29, 1.82) is 0 Å². The molecule has 82 valence electrons. The van der Waals surface area contributed by atoms with Crippen molar-refractivity contribution in [1.82, 2.24) is 0 Å². The van der Waals surface area contributed by atoms with Gasteiger partial charge in [0.05, 0.1) is 13.0 Å². The molecular formula is C7H13O6P. The Kier molecular flexibility index (Phi) is 6.36. The number of rotatable bonds is 6. The smallest absolute Gasteiger partial charge is 0.309 e. The molecule has 1 atom stereocenters. The van der Waals surface area contributed by atoms with Gasteiger partial charge in [-0.1, -0.05) is 0 Å². The second-order valence-corrected chi connectivity index (χ2v) is 3.82. The van der Waals surface area contributed by atoms with E-state index in [0.717, 1.165) is 0 Å². The van der Waals surface area contributed by atoms with Crippen LogP contribution in [0.4, 0.5) is 0 Å². The summed E-state index contributed by atoms with van der Waals surface area (Å²) in [7, 11) is -1.03. The molecule has 0 spiro atoms. The van der Waals surface area contributed by atoms with Crippen molar-refractivity contribution >= 4 is 20.3 Å². The first-order valence-electron chi connectivity index (χ1n) is 3.92. The van der Waals surface area contributed by atoms with Crippen LogP contribution in [0.3, 0.4) is 0 Å². The number of carboxylic acid groups (broad SMARTS) is 1. The van der Waals surface area contributed by atoms with Crippen LogP contribution in [0.25, 0.3) is 0 Å². The van der Waals surface area contributed by atoms with Gasteiger partial charge in [0.2, 0.25) is 0 Å². The van der Waals surface area contributed by atoms with Gasteiger partial charge in [0.1, 0.15) is 0 Å². The number of hydrogen-bond donors (Lipinski definition) is 3. The highest BCUT2D eigenvalue weighted by Gasteiger charge is 2.23. The van der Waals surface area contributed by atoms with E-state index in [1.165, 1.54) is 7.11 Å². The summed E-state index contributed by atoms with van der Waals surface area (Å²) >= 11 is 0. The number of ether oxygens (including phenoxy) is 1. The van der Waals surface area contributed by atoms with E-state index < -0.39 is 26.2 Å². The number of methoxy groups -OCH3 is 1. The zero-order valence-electron chi connectivity index (χ0n) is 7.71. The highest BCUT2D eigenvalue weighted by Crippen LogP contribution is 2.29. The Balaban J connectivity index is 4.10. The molecule has 0 bridgehead atoms. The van der Waals surface area contributed by atoms with Gasteiger partial charge >= 0.3 is 11.9 Å². The van der Waals surface area contributed by atoms with Crippen LogP contribution in [0, 0.1) is 5.92 Å². The molecule has 6 nitrogen and oxygen atoms in total. The van der Waals surface area contributed by atoms with Crippen LogP contribution in [-0.2, 0) is 14.3 Å². The predicted molar refractivity (Wildman–Crippen MR) is 48.6 cm³/mol. The average Bonchev–Trinajstić information content (AvgIpc) is 2.10. The lowest BCUT2D eigenvalue weighted by atomic mass is 10.1. The van der Waals surface area contributed by atoms with Crippen molar-refractivity contribution in [3.63, 3.8) is 0 Å². The predicted octanol–water partition coefficient (Wildman–Crippen LogP) is -0.0631. The van der Waals surface area contributed by atoms with Crippen LogP contribution < -0.4 is 0 Å². The van der Waals surface area contributed by atoms with Crippen molar-refractivity contribution in [2.75, 3.05) is 13.3 Å². The maximum Gasteiger partial charge on any atom is 0.309 e. The van der Waals surface area contributed by atoms with E-state index in [-0.39, 0.29) is 19.0 Å². The highest BCUT2D eigenvalue weighted by atomic mass is 31.2. The summed E-state index contributed by atoms with van der Waals surface area (Å²) in [6, 6.07) is 0. The second-order valence-electron chi connectivity index (χ2n) is 2.71. The first-order valence-corrected chi connectivity index (χ1v) is 5.35. The molecule has 0 radical (unpaired) electrons. The molecule has 0 aliphatic heterocycles. The topological polar surface area (TPSA) is 104 Å². The van der Waals surface area contributed by atoms with Crippen molar-refractivity contribution in [2.45, 2.75) is 12.8 Å². The average molecular weight is 224 g/mol. The first-order chi connectivity index (χ1) is 6.47. The zero-order valence-corrected chi connectivity index (χ0v) is 8.61. The SMILES string of the molecule is COC(=O)C(CCC(=O)O)CP(O)O. The minimum absolute atomic E-state index is 0.0575. The Labute approximate surface area is 82.4 Å². The molecule has 0 saturated heterocycles. The van der Waals surface area contributed by atoms with Crippen molar-refractivity contribution < 1.29 is 29.2 Å². The van der Waals surface area contributed by atoms with Gasteiger partial charge in [-0.15, -0.1) is 0 Å². The fourth-order valence-corrected chi connectivity index (χ4v) is 1.67. The summed E-state index contributed by atoms with van der Waals surface area (Å²) in [6.07, 6.45) is -0.278. The Bertz CT molecular complexity index is 204. The lowest BCUT2D eigenvalue weighted by molar-refractivity contribution is -0.145. The van der Waals surface area contributed by atoms with Gasteiger partial charge in [-0.2, -0.15) is 0 Å². The Morgan fingerprint density at radius 2 is 2.00 bits per heavy atom. The third-order valence-electron chi connectivity index (χ3n) is 1.62. The third kappa shape index (κ3) is 5.85. The highest BCUT2D eigenvalue weighted by molar-refractivity contribution is 7.45. The van der Waals surface area contributed by atoms with Gasteiger partial charge in [-0.25, -0.2) is 0 Å². The first kappa shape index (κ1) is 13.3. The molecule has 0 aliphatic rings. The molecule has 0 rings (SSSR count). The van der Waals surface area contributed by atoms with Crippen LogP contribution in [0.1, 0.15) is 12.8 Å². The van der Waals surface area contributed by atoms with Gasteiger partial charge in [-0.3, -0.25) is 9.59 Å². The third-order valence-corrected chi connectivity index (χ3v) is 2.39. The Hall–Kier alpha value is -0.710. The van der Waals surface area contributed by atoms with E-state index in [0.29, 0.717) is 0 Å². The summed E-state index contributed by atoms with van der Waals surface area (Å²) in [6.45, 7) is 0. The molecular weight excluding hydrogens is 211 g/mol. The molecule has 0 heterocycles. The quantitative estimate of drug-likeness (QED) is 0.431. The van der Waals surface area contributed by atoms with Crippen molar-refractivity contribution in [3.05, 3.63) is 0 Å². The number of aliphatic carboxylic acids is 1. The number of carboxylic acids is 1. The molecule has 3 N–H and O–H groups in total. The van der Waals surface area contributed by atoms with Crippen molar-refractivity contribution in [3.8, 4) is 0 Å². The molecule has 1 unspecified atom stereocenters. The molecule has 0 saturated carbocycles. The van der Waals surface area contributed by atoms with E-state index in [9.17, 15) is 9.59 Å². The molecule has 0 aromatic rings. The van der Waals surface area contributed by atoms with Crippen LogP contribution in [0.2, 0.25) is 0 Å². The molecule has 7 heteroatoms. The van der Waals surface area contributed by atoms with Gasteiger partial charge < -0.3 is 19.6 Å². The van der Waals surface area contributed by atoms with Crippen LogP contribution in [0.5, 0.6) is 0 Å². The molecule has 0 aromatic carbocycles. The number of carbonyl (C=O) groups is 2. The Morgan fingerprint density at radius 3 is 2.36 bits per heavy atom. The van der Waals surface area contributed by atoms with E-state index in [4.69, 9.17) is 14.9 Å². The molecule has 0 fully saturated rings. The summed E-state index contributed by atoms with van der Waals surface area (Å²) in [5.41, 5.74) is 0. The van der Waals surface area contributed by atoms with E-state index in [1.807, 2.05) is 0 Å². The van der Waals surface area contributed by atoms with Crippen LogP contribution in [-0.4, -0.2) is 40.1 Å². The van der Waals surface area contributed by atoms with E-state index in [2.05, 4.69) is 4.74 Å². The molecule has 14 heavy (non-hydrogen) atoms. The number of esters is 1. The summed E-state index contributed by atoms with van der Waals surface area (Å²) < 4.78 is 4.40. The lowest BCUT2D eigenvalue weighted by Crippen LogP contribution is -2.20. The van der Waals surface area contributed by atoms with Gasteiger partial charge in [-0.05, 0) is 6.42 Å². The molecule has 0 aliphatic carbocycles. The van der Waals surface area contributed by atoms with Gasteiger partial charge in [0.25, 0.3) is 0 Å².